The second kappa shape index (κ2) is 28.5. The maximum atomic E-state index is 13.1. The highest BCUT2D eigenvalue weighted by molar-refractivity contribution is 8.77. The van der Waals surface area contributed by atoms with E-state index >= 15 is 0 Å². The fourth-order valence-electron chi connectivity index (χ4n) is 4.12. The third kappa shape index (κ3) is 22.1. The van der Waals surface area contributed by atoms with Gasteiger partial charge in [0.25, 0.3) is 5.91 Å². The van der Waals surface area contributed by atoms with E-state index in [4.69, 9.17) is 0 Å². The first-order valence-corrected chi connectivity index (χ1v) is 19.3. The van der Waals surface area contributed by atoms with Crippen LogP contribution in [-0.4, -0.2) is 75.3 Å². The third-order valence-corrected chi connectivity index (χ3v) is 10.2. The number of allylic oxidation sites excluding steroid dienone is 12. The number of nitrogens with one attached hydrogen (secondary N) is 3. The maximum absolute atomic E-state index is 13.1. The Kier molecular flexibility index (Phi) is 25.3. The lowest BCUT2D eigenvalue weighted by Gasteiger charge is -2.33. The van der Waals surface area contributed by atoms with Crippen molar-refractivity contribution in [3.05, 3.63) is 103 Å². The summed E-state index contributed by atoms with van der Waals surface area (Å²) in [6.45, 7) is 5.39. The summed E-state index contributed by atoms with van der Waals surface area (Å²) < 4.78 is -0.776. The number of aliphatic hydroxyl groups excluding tert-OH is 2. The molecule has 1 heterocycles. The van der Waals surface area contributed by atoms with Gasteiger partial charge in [0, 0.05) is 35.9 Å². The van der Waals surface area contributed by atoms with E-state index in [1.54, 1.807) is 18.3 Å². The smallest absolute Gasteiger partial charge is 0.253 e. The average Bonchev–Trinajstić information content (AvgIpc) is 3.10. The maximum Gasteiger partial charge on any atom is 0.253 e. The molecule has 9 nitrogen and oxygen atoms in total. The Bertz CT molecular complexity index is 1240. The van der Waals surface area contributed by atoms with E-state index in [0.717, 1.165) is 38.5 Å². The summed E-state index contributed by atoms with van der Waals surface area (Å²) in [4.78, 5) is 42.2. The molecular formula is C38H56N4O5S2. The van der Waals surface area contributed by atoms with Crippen molar-refractivity contribution < 1.29 is 24.6 Å². The molecule has 0 radical (unpaired) electrons. The number of pyridine rings is 1. The van der Waals surface area contributed by atoms with Gasteiger partial charge in [-0.05, 0) is 70.9 Å². The first kappa shape index (κ1) is 43.6. The van der Waals surface area contributed by atoms with E-state index in [0.29, 0.717) is 30.7 Å². The lowest BCUT2D eigenvalue weighted by molar-refractivity contribution is -0.125. The fourth-order valence-corrected chi connectivity index (χ4v) is 6.65. The molecule has 0 spiro atoms. The Morgan fingerprint density at radius 3 is 1.90 bits per heavy atom. The van der Waals surface area contributed by atoms with Crippen LogP contribution >= 0.6 is 21.6 Å². The van der Waals surface area contributed by atoms with Crippen LogP contribution in [0.3, 0.4) is 0 Å². The summed E-state index contributed by atoms with van der Waals surface area (Å²) in [6, 6.07) is 1.41. The van der Waals surface area contributed by atoms with Crippen LogP contribution in [0.1, 0.15) is 82.5 Å². The molecule has 0 bridgehead atoms. The van der Waals surface area contributed by atoms with Gasteiger partial charge in [-0.3, -0.25) is 19.4 Å². The number of carbonyl (C=O) groups is 3. The summed E-state index contributed by atoms with van der Waals surface area (Å²) in [6.07, 6.45) is 35.6. The Morgan fingerprint density at radius 1 is 0.837 bits per heavy atom. The van der Waals surface area contributed by atoms with Crippen LogP contribution in [0.4, 0.5) is 0 Å². The van der Waals surface area contributed by atoms with Crippen molar-refractivity contribution >= 4 is 39.3 Å². The van der Waals surface area contributed by atoms with E-state index in [1.165, 1.54) is 27.8 Å². The second-order valence-corrected chi connectivity index (χ2v) is 14.6. The molecule has 0 unspecified atom stereocenters. The molecule has 0 aliphatic heterocycles. The van der Waals surface area contributed by atoms with E-state index in [2.05, 4.69) is 94.7 Å². The van der Waals surface area contributed by atoms with Gasteiger partial charge in [0.05, 0.1) is 24.8 Å². The molecule has 270 valence electrons. The van der Waals surface area contributed by atoms with Crippen LogP contribution in [0, 0.1) is 0 Å². The van der Waals surface area contributed by atoms with E-state index in [-0.39, 0.29) is 5.91 Å². The Hall–Kier alpha value is -3.38. The highest BCUT2D eigenvalue weighted by Crippen LogP contribution is 2.38. The minimum absolute atomic E-state index is 0.0237. The molecule has 0 aromatic carbocycles. The van der Waals surface area contributed by atoms with E-state index in [1.807, 2.05) is 19.9 Å². The van der Waals surface area contributed by atoms with Crippen LogP contribution in [0.25, 0.3) is 0 Å². The van der Waals surface area contributed by atoms with Crippen molar-refractivity contribution in [2.75, 3.05) is 25.5 Å². The minimum Gasteiger partial charge on any atom is -0.394 e. The molecule has 0 fully saturated rings. The van der Waals surface area contributed by atoms with Crippen molar-refractivity contribution in [3.63, 3.8) is 0 Å². The zero-order valence-electron chi connectivity index (χ0n) is 29.3. The van der Waals surface area contributed by atoms with Gasteiger partial charge >= 0.3 is 0 Å². The van der Waals surface area contributed by atoms with Gasteiger partial charge in [0.1, 0.15) is 6.04 Å². The summed E-state index contributed by atoms with van der Waals surface area (Å²) in [7, 11) is 2.89. The highest BCUT2D eigenvalue weighted by Gasteiger charge is 2.38. The van der Waals surface area contributed by atoms with Crippen molar-refractivity contribution in [1.82, 2.24) is 20.9 Å². The molecule has 0 saturated heterocycles. The van der Waals surface area contributed by atoms with Crippen molar-refractivity contribution in [3.8, 4) is 0 Å². The molecule has 1 aromatic rings. The van der Waals surface area contributed by atoms with E-state index < -0.39 is 41.9 Å². The molecule has 49 heavy (non-hydrogen) atoms. The molecule has 0 saturated carbocycles. The predicted octanol–water partition coefficient (Wildman–Crippen LogP) is 6.40. The number of aromatic nitrogens is 1. The lowest BCUT2D eigenvalue weighted by Crippen LogP contribution is -2.58. The molecule has 5 N–H and O–H groups in total. The number of nitrogens with zero attached hydrogens (tertiary/aromatic N) is 1. The predicted molar refractivity (Wildman–Crippen MR) is 206 cm³/mol. The van der Waals surface area contributed by atoms with Crippen LogP contribution in [0.5, 0.6) is 0 Å². The molecular weight excluding hydrogens is 657 g/mol. The number of hydrogen-bond acceptors (Lipinski definition) is 8. The average molecular weight is 713 g/mol. The molecule has 1 rings (SSSR count). The van der Waals surface area contributed by atoms with Crippen molar-refractivity contribution in [2.24, 2.45) is 0 Å². The molecule has 11 heteroatoms. The SMILES string of the molecule is CC/C=C\C/C=C\C/C=C\C/C=C\C/C=C\C/C=C\CCC(=O)NCCSSC(C)(C)[C@@H](NC(=O)c1cccnc1)C(=O)NC(CO)CO. The Morgan fingerprint density at radius 2 is 1.39 bits per heavy atom. The standard InChI is InChI=1S/C38H56N4O5S2/c1-4-5-6-7-8-9-10-11-12-13-14-15-16-17-18-19-20-21-22-25-34(45)40-27-28-48-49-38(2,3)35(37(47)41-33(30-43)31-44)42-36(46)32-24-23-26-39-29-32/h5-6,8-9,11-12,14-15,17-18,20-21,23-24,26,29,33,35,43-44H,4,7,10,13,16,19,22,25,27-28,30-31H2,1-3H3,(H,40,45)(H,41,47)(H,42,46)/b6-5-,9-8-,12-11-,15-14-,18-17-,21-20-/t35-/m0/s1. The monoisotopic (exact) mass is 712 g/mol. The molecule has 1 atom stereocenters. The van der Waals surface area contributed by atoms with Crippen molar-refractivity contribution in [2.45, 2.75) is 89.0 Å². The number of hydrogen-bond donors (Lipinski definition) is 5. The Labute approximate surface area is 301 Å². The fraction of sp³-hybridized carbons (Fsp3) is 0.474. The first-order valence-electron chi connectivity index (χ1n) is 16.9. The van der Waals surface area contributed by atoms with Gasteiger partial charge in [-0.2, -0.15) is 0 Å². The summed E-state index contributed by atoms with van der Waals surface area (Å²) in [5, 5.41) is 27.1. The second-order valence-electron chi connectivity index (χ2n) is 11.5. The van der Waals surface area contributed by atoms with Crippen LogP contribution < -0.4 is 16.0 Å². The lowest BCUT2D eigenvalue weighted by atomic mass is 10.0. The summed E-state index contributed by atoms with van der Waals surface area (Å²) in [5.74, 6) is -0.410. The molecule has 0 aliphatic carbocycles. The normalized spacial score (nSPS) is 13.2. The van der Waals surface area contributed by atoms with Gasteiger partial charge in [0.2, 0.25) is 11.8 Å². The zero-order valence-corrected chi connectivity index (χ0v) is 30.9. The van der Waals surface area contributed by atoms with Crippen LogP contribution in [0.15, 0.2) is 97.4 Å². The Balaban J connectivity index is 2.30. The number of aliphatic hydroxyl groups is 2. The number of amides is 3. The summed E-state index contributed by atoms with van der Waals surface area (Å²) in [5.41, 5.74) is 0.307. The quantitative estimate of drug-likeness (QED) is 0.0422. The third-order valence-electron chi connectivity index (χ3n) is 6.86. The topological polar surface area (TPSA) is 141 Å². The molecule has 0 aliphatic rings. The van der Waals surface area contributed by atoms with Crippen LogP contribution in [-0.2, 0) is 9.59 Å². The number of rotatable bonds is 26. The molecule has 1 aromatic heterocycles. The molecule has 3 amide bonds. The number of carbonyl (C=O) groups excluding carboxylic acids is 3. The van der Waals surface area contributed by atoms with Gasteiger partial charge in [0.15, 0.2) is 0 Å². The zero-order chi connectivity index (χ0) is 36.0. The van der Waals surface area contributed by atoms with Gasteiger partial charge in [-0.15, -0.1) is 0 Å². The first-order chi connectivity index (χ1) is 23.7. The summed E-state index contributed by atoms with van der Waals surface area (Å²) >= 11 is 0. The van der Waals surface area contributed by atoms with Gasteiger partial charge in [-0.25, -0.2) is 0 Å². The largest absolute Gasteiger partial charge is 0.394 e. The highest BCUT2D eigenvalue weighted by atomic mass is 33.1. The minimum atomic E-state index is -0.978. The van der Waals surface area contributed by atoms with Crippen molar-refractivity contribution in [1.29, 1.82) is 0 Å². The van der Waals surface area contributed by atoms with Gasteiger partial charge in [-0.1, -0.05) is 101 Å². The van der Waals surface area contributed by atoms with Gasteiger partial charge < -0.3 is 26.2 Å². The van der Waals surface area contributed by atoms with E-state index in [9.17, 15) is 24.6 Å². The van der Waals surface area contributed by atoms with Crippen LogP contribution in [0.2, 0.25) is 0 Å².